The first kappa shape index (κ1) is 13.4. The summed E-state index contributed by atoms with van der Waals surface area (Å²) in [6, 6.07) is 5.96. The van der Waals surface area contributed by atoms with Crippen molar-refractivity contribution in [2.45, 2.75) is 44.8 Å². The molecular weight excluding hydrogens is 246 g/mol. The lowest BCUT2D eigenvalue weighted by molar-refractivity contribution is 0.227. The van der Waals surface area contributed by atoms with Gasteiger partial charge in [-0.15, -0.1) is 0 Å². The number of hydrogen-bond donors (Lipinski definition) is 1. The molecule has 0 fully saturated rings. The Morgan fingerprint density at radius 1 is 1.50 bits per heavy atom. The van der Waals surface area contributed by atoms with E-state index in [1.54, 1.807) is 0 Å². The van der Waals surface area contributed by atoms with Gasteiger partial charge in [-0.1, -0.05) is 29.8 Å². The summed E-state index contributed by atoms with van der Waals surface area (Å²) in [5, 5.41) is 0.673. The maximum Gasteiger partial charge on any atom is 0.142 e. The molecule has 0 bridgehead atoms. The van der Waals surface area contributed by atoms with Crippen LogP contribution in [0.15, 0.2) is 30.4 Å². The van der Waals surface area contributed by atoms with Crippen molar-refractivity contribution >= 4 is 11.6 Å². The third-order valence-electron chi connectivity index (χ3n) is 3.07. The Morgan fingerprint density at radius 3 is 3.00 bits per heavy atom. The van der Waals surface area contributed by atoms with Crippen molar-refractivity contribution in [3.63, 3.8) is 0 Å². The highest BCUT2D eigenvalue weighted by molar-refractivity contribution is 6.32. The van der Waals surface area contributed by atoms with Gasteiger partial charge in [0.25, 0.3) is 0 Å². The molecular formula is C15H20ClNO. The maximum atomic E-state index is 6.24. The van der Waals surface area contributed by atoms with Gasteiger partial charge in [0, 0.05) is 6.04 Å². The Balaban J connectivity index is 2.19. The highest BCUT2D eigenvalue weighted by Crippen LogP contribution is 2.31. The van der Waals surface area contributed by atoms with Crippen LogP contribution in [0.2, 0.25) is 5.02 Å². The van der Waals surface area contributed by atoms with E-state index < -0.39 is 0 Å². The predicted octanol–water partition coefficient (Wildman–Crippen LogP) is 3.72. The molecule has 2 unspecified atom stereocenters. The number of nitrogens with two attached hydrogens (primary N) is 1. The lowest BCUT2D eigenvalue weighted by atomic mass is 10.0. The van der Waals surface area contributed by atoms with Crippen LogP contribution in [0.5, 0.6) is 5.75 Å². The van der Waals surface area contributed by atoms with Crippen molar-refractivity contribution in [1.82, 2.24) is 0 Å². The van der Waals surface area contributed by atoms with Gasteiger partial charge in [0.15, 0.2) is 0 Å². The van der Waals surface area contributed by atoms with Crippen LogP contribution in [0.4, 0.5) is 0 Å². The van der Waals surface area contributed by atoms with Gasteiger partial charge in [0.05, 0.1) is 5.02 Å². The van der Waals surface area contributed by atoms with Gasteiger partial charge in [0.2, 0.25) is 0 Å². The Morgan fingerprint density at radius 2 is 2.33 bits per heavy atom. The summed E-state index contributed by atoms with van der Waals surface area (Å²) >= 11 is 6.24. The second-order valence-corrected chi connectivity index (χ2v) is 5.33. The molecule has 2 N–H and O–H groups in total. The van der Waals surface area contributed by atoms with Crippen molar-refractivity contribution < 1.29 is 4.74 Å². The third-order valence-corrected chi connectivity index (χ3v) is 3.37. The molecule has 0 amide bonds. The van der Waals surface area contributed by atoms with Gasteiger partial charge in [-0.2, -0.15) is 0 Å². The zero-order chi connectivity index (χ0) is 13.0. The van der Waals surface area contributed by atoms with Gasteiger partial charge in [-0.3, -0.25) is 0 Å². The first-order valence-corrected chi connectivity index (χ1v) is 6.91. The summed E-state index contributed by atoms with van der Waals surface area (Å²) in [5.41, 5.74) is 6.96. The second kappa shape index (κ2) is 6.26. The molecule has 0 saturated heterocycles. The van der Waals surface area contributed by atoms with Gasteiger partial charge >= 0.3 is 0 Å². The fourth-order valence-corrected chi connectivity index (χ4v) is 2.46. The second-order valence-electron chi connectivity index (χ2n) is 4.92. The van der Waals surface area contributed by atoms with Gasteiger partial charge in [-0.05, 0) is 50.3 Å². The number of rotatable bonds is 4. The summed E-state index contributed by atoms with van der Waals surface area (Å²) < 4.78 is 6.04. The number of ether oxygens (including phenoxy) is 1. The van der Waals surface area contributed by atoms with Crippen molar-refractivity contribution in [2.75, 3.05) is 0 Å². The van der Waals surface area contributed by atoms with Crippen LogP contribution >= 0.6 is 11.6 Å². The van der Waals surface area contributed by atoms with E-state index >= 15 is 0 Å². The van der Waals surface area contributed by atoms with E-state index in [0.717, 1.165) is 30.6 Å². The van der Waals surface area contributed by atoms with Crippen molar-refractivity contribution in [2.24, 2.45) is 5.73 Å². The van der Waals surface area contributed by atoms with E-state index in [4.69, 9.17) is 22.1 Å². The molecule has 0 saturated carbocycles. The largest absolute Gasteiger partial charge is 0.485 e. The summed E-state index contributed by atoms with van der Waals surface area (Å²) in [7, 11) is 0. The molecule has 1 aliphatic rings. The van der Waals surface area contributed by atoms with Gasteiger partial charge < -0.3 is 10.5 Å². The number of benzene rings is 1. The monoisotopic (exact) mass is 265 g/mol. The molecule has 18 heavy (non-hydrogen) atoms. The number of para-hydroxylation sites is 1. The van der Waals surface area contributed by atoms with E-state index in [1.165, 1.54) is 6.42 Å². The van der Waals surface area contributed by atoms with Gasteiger partial charge in [-0.25, -0.2) is 0 Å². The average molecular weight is 266 g/mol. The van der Waals surface area contributed by atoms with Crippen LogP contribution in [0.1, 0.15) is 31.7 Å². The fraction of sp³-hybridized carbons (Fsp3) is 0.467. The van der Waals surface area contributed by atoms with Crippen LogP contribution in [0.25, 0.3) is 0 Å². The van der Waals surface area contributed by atoms with Crippen LogP contribution in [-0.4, -0.2) is 12.1 Å². The number of allylic oxidation sites excluding steroid dienone is 1. The lowest BCUT2D eigenvalue weighted by Gasteiger charge is -2.22. The standard InChI is InChI=1S/C15H20ClNO/c1-11(17)10-12-6-5-9-14(16)15(12)18-13-7-3-2-4-8-13/h3,5-7,9,11,13H,2,4,8,10,17H2,1H3. The summed E-state index contributed by atoms with van der Waals surface area (Å²) in [5.74, 6) is 0.799. The average Bonchev–Trinajstić information content (AvgIpc) is 2.34. The lowest BCUT2D eigenvalue weighted by Crippen LogP contribution is -2.20. The minimum atomic E-state index is 0.104. The van der Waals surface area contributed by atoms with E-state index in [2.05, 4.69) is 12.2 Å². The Labute approximate surface area is 114 Å². The third kappa shape index (κ3) is 3.50. The molecule has 2 nitrogen and oxygen atoms in total. The summed E-state index contributed by atoms with van der Waals surface area (Å²) in [6.45, 7) is 1.99. The predicted molar refractivity (Wildman–Crippen MR) is 76.2 cm³/mol. The number of hydrogen-bond acceptors (Lipinski definition) is 2. The van der Waals surface area contributed by atoms with E-state index in [-0.39, 0.29) is 12.1 Å². The normalized spacial score (nSPS) is 20.7. The maximum absolute atomic E-state index is 6.24. The van der Waals surface area contributed by atoms with Crippen LogP contribution in [0.3, 0.4) is 0 Å². The Kier molecular flexibility index (Phi) is 4.67. The van der Waals surface area contributed by atoms with Crippen LogP contribution < -0.4 is 10.5 Å². The first-order chi connectivity index (χ1) is 8.66. The molecule has 1 aromatic rings. The number of halogens is 1. The highest BCUT2D eigenvalue weighted by atomic mass is 35.5. The SMILES string of the molecule is CC(N)Cc1cccc(Cl)c1OC1C=CCCC1. The van der Waals surface area contributed by atoms with Crippen LogP contribution in [-0.2, 0) is 6.42 Å². The molecule has 0 aromatic heterocycles. The fourth-order valence-electron chi connectivity index (χ4n) is 2.22. The molecule has 0 radical (unpaired) electrons. The van der Waals surface area contributed by atoms with Crippen molar-refractivity contribution in [3.05, 3.63) is 40.9 Å². The van der Waals surface area contributed by atoms with E-state index in [0.29, 0.717) is 5.02 Å². The van der Waals surface area contributed by atoms with Crippen molar-refractivity contribution in [3.8, 4) is 5.75 Å². The summed E-state index contributed by atoms with van der Waals surface area (Å²) in [6.07, 6.45) is 8.61. The van der Waals surface area contributed by atoms with Crippen molar-refractivity contribution in [1.29, 1.82) is 0 Å². The topological polar surface area (TPSA) is 35.2 Å². The molecule has 2 atom stereocenters. The Bertz CT molecular complexity index is 429. The first-order valence-electron chi connectivity index (χ1n) is 6.53. The molecule has 98 valence electrons. The van der Waals surface area contributed by atoms with E-state index in [1.807, 2.05) is 25.1 Å². The molecule has 0 aliphatic heterocycles. The molecule has 3 heteroatoms. The minimum absolute atomic E-state index is 0.104. The van der Waals surface area contributed by atoms with Gasteiger partial charge in [0.1, 0.15) is 11.9 Å². The zero-order valence-corrected chi connectivity index (χ0v) is 11.5. The minimum Gasteiger partial charge on any atom is -0.485 e. The molecule has 0 heterocycles. The highest BCUT2D eigenvalue weighted by Gasteiger charge is 2.15. The van der Waals surface area contributed by atoms with Crippen LogP contribution in [0, 0.1) is 0 Å². The van der Waals surface area contributed by atoms with E-state index in [9.17, 15) is 0 Å². The molecule has 2 rings (SSSR count). The smallest absolute Gasteiger partial charge is 0.142 e. The zero-order valence-electron chi connectivity index (χ0n) is 10.7. The summed E-state index contributed by atoms with van der Waals surface area (Å²) in [4.78, 5) is 0. The Hall–Kier alpha value is -0.990. The molecule has 1 aliphatic carbocycles. The molecule has 1 aromatic carbocycles. The quantitative estimate of drug-likeness (QED) is 0.842. The molecule has 0 spiro atoms.